The number of aromatic nitrogens is 2. The fourth-order valence-electron chi connectivity index (χ4n) is 2.31. The highest BCUT2D eigenvalue weighted by atomic mass is 16.2. The van der Waals surface area contributed by atoms with E-state index in [-0.39, 0.29) is 5.91 Å². The number of piperazine rings is 1. The quantitative estimate of drug-likeness (QED) is 0.831. The minimum Gasteiger partial charge on any atom is -0.354 e. The van der Waals surface area contributed by atoms with E-state index in [1.165, 1.54) is 0 Å². The van der Waals surface area contributed by atoms with Crippen LogP contribution in [0.2, 0.25) is 0 Å². The summed E-state index contributed by atoms with van der Waals surface area (Å²) in [7, 11) is 2.08. The zero-order valence-corrected chi connectivity index (χ0v) is 13.2. The van der Waals surface area contributed by atoms with E-state index in [1.54, 1.807) is 6.07 Å². The number of hydrogen-bond donors (Lipinski definition) is 1. The minimum atomic E-state index is 0.00661. The van der Waals surface area contributed by atoms with Gasteiger partial charge in [0.2, 0.25) is 5.95 Å². The van der Waals surface area contributed by atoms with Crippen molar-refractivity contribution in [3.05, 3.63) is 17.5 Å². The zero-order chi connectivity index (χ0) is 15.2. The maximum Gasteiger partial charge on any atom is 0.272 e. The third-order valence-corrected chi connectivity index (χ3v) is 3.68. The molecule has 1 amide bonds. The second-order valence-corrected chi connectivity index (χ2v) is 5.59. The van der Waals surface area contributed by atoms with Crippen LogP contribution >= 0.6 is 0 Å². The standard InChI is InChI=1S/C15H25N5O/c1-4-5-6-16-15-17-12(2)11-13(18-15)14(21)20-9-7-19(3)8-10-20/h11H,4-10H2,1-3H3,(H,16,17,18). The number of hydrogen-bond acceptors (Lipinski definition) is 5. The van der Waals surface area contributed by atoms with Crippen molar-refractivity contribution in [1.29, 1.82) is 0 Å². The number of rotatable bonds is 5. The predicted octanol–water partition coefficient (Wildman–Crippen LogP) is 1.38. The normalized spacial score (nSPS) is 16.0. The number of amides is 1. The van der Waals surface area contributed by atoms with E-state index >= 15 is 0 Å². The van der Waals surface area contributed by atoms with Crippen LogP contribution in [0.3, 0.4) is 0 Å². The van der Waals surface area contributed by atoms with Gasteiger partial charge in [-0.2, -0.15) is 0 Å². The summed E-state index contributed by atoms with van der Waals surface area (Å²) in [6.45, 7) is 8.22. The van der Waals surface area contributed by atoms with Crippen LogP contribution in [-0.2, 0) is 0 Å². The van der Waals surface area contributed by atoms with Crippen molar-refractivity contribution in [2.45, 2.75) is 26.7 Å². The number of carbonyl (C=O) groups excluding carboxylic acids is 1. The Bertz CT molecular complexity index is 483. The highest BCUT2D eigenvalue weighted by Crippen LogP contribution is 2.10. The molecule has 1 saturated heterocycles. The largest absolute Gasteiger partial charge is 0.354 e. The van der Waals surface area contributed by atoms with E-state index in [1.807, 2.05) is 11.8 Å². The number of anilines is 1. The number of unbranched alkanes of at least 4 members (excludes halogenated alkanes) is 1. The van der Waals surface area contributed by atoms with E-state index in [0.717, 1.165) is 51.3 Å². The molecule has 2 heterocycles. The molecule has 21 heavy (non-hydrogen) atoms. The van der Waals surface area contributed by atoms with Crippen molar-refractivity contribution < 1.29 is 4.79 Å². The second kappa shape index (κ2) is 7.36. The lowest BCUT2D eigenvalue weighted by atomic mass is 10.2. The number of nitrogens with zero attached hydrogens (tertiary/aromatic N) is 4. The number of likely N-dealkylation sites (N-methyl/N-ethyl adjacent to an activating group) is 1. The van der Waals surface area contributed by atoms with E-state index in [0.29, 0.717) is 11.6 Å². The molecule has 0 saturated carbocycles. The summed E-state index contributed by atoms with van der Waals surface area (Å²) in [5, 5.41) is 3.19. The Morgan fingerprint density at radius 3 is 2.67 bits per heavy atom. The summed E-state index contributed by atoms with van der Waals surface area (Å²) in [5.41, 5.74) is 1.31. The van der Waals surface area contributed by atoms with Crippen molar-refractivity contribution >= 4 is 11.9 Å². The highest BCUT2D eigenvalue weighted by molar-refractivity contribution is 5.92. The highest BCUT2D eigenvalue weighted by Gasteiger charge is 2.22. The average Bonchev–Trinajstić information content (AvgIpc) is 2.47. The van der Waals surface area contributed by atoms with Gasteiger partial charge in [-0.05, 0) is 26.5 Å². The van der Waals surface area contributed by atoms with Crippen molar-refractivity contribution in [3.63, 3.8) is 0 Å². The SMILES string of the molecule is CCCCNc1nc(C)cc(C(=O)N2CCN(C)CC2)n1. The van der Waals surface area contributed by atoms with Crippen LogP contribution in [-0.4, -0.2) is 65.4 Å². The molecule has 116 valence electrons. The molecule has 0 aromatic carbocycles. The Kier molecular flexibility index (Phi) is 5.50. The number of aryl methyl sites for hydroxylation is 1. The molecule has 0 unspecified atom stereocenters. The molecule has 2 rings (SSSR count). The van der Waals surface area contributed by atoms with Crippen LogP contribution in [0.5, 0.6) is 0 Å². The van der Waals surface area contributed by atoms with E-state index in [9.17, 15) is 4.79 Å². The lowest BCUT2D eigenvalue weighted by Crippen LogP contribution is -2.47. The maximum absolute atomic E-state index is 12.5. The van der Waals surface area contributed by atoms with Gasteiger partial charge in [0.15, 0.2) is 0 Å². The first-order valence-electron chi connectivity index (χ1n) is 7.67. The van der Waals surface area contributed by atoms with Gasteiger partial charge in [-0.3, -0.25) is 4.79 Å². The Balaban J connectivity index is 2.06. The summed E-state index contributed by atoms with van der Waals surface area (Å²) in [6.07, 6.45) is 2.19. The first kappa shape index (κ1) is 15.7. The molecule has 0 atom stereocenters. The Morgan fingerprint density at radius 2 is 2.00 bits per heavy atom. The molecular weight excluding hydrogens is 266 g/mol. The van der Waals surface area contributed by atoms with Crippen molar-refractivity contribution in [2.75, 3.05) is 45.1 Å². The number of nitrogens with one attached hydrogen (secondary N) is 1. The lowest BCUT2D eigenvalue weighted by Gasteiger charge is -2.32. The van der Waals surface area contributed by atoms with Crippen LogP contribution < -0.4 is 5.32 Å². The first-order chi connectivity index (χ1) is 10.1. The van der Waals surface area contributed by atoms with Gasteiger partial charge in [-0.15, -0.1) is 0 Å². The molecule has 1 aromatic rings. The summed E-state index contributed by atoms with van der Waals surface area (Å²) >= 11 is 0. The minimum absolute atomic E-state index is 0.00661. The summed E-state index contributed by atoms with van der Waals surface area (Å²) in [4.78, 5) is 25.3. The first-order valence-corrected chi connectivity index (χ1v) is 7.67. The van der Waals surface area contributed by atoms with Crippen molar-refractivity contribution in [2.24, 2.45) is 0 Å². The fraction of sp³-hybridized carbons (Fsp3) is 0.667. The molecular formula is C15H25N5O. The second-order valence-electron chi connectivity index (χ2n) is 5.59. The molecule has 1 aromatic heterocycles. The van der Waals surface area contributed by atoms with E-state index < -0.39 is 0 Å². The van der Waals surface area contributed by atoms with Gasteiger partial charge < -0.3 is 15.1 Å². The van der Waals surface area contributed by atoms with Gasteiger partial charge in [0.25, 0.3) is 5.91 Å². The zero-order valence-electron chi connectivity index (χ0n) is 13.2. The molecule has 0 aliphatic carbocycles. The molecule has 1 aliphatic heterocycles. The molecule has 1 N–H and O–H groups in total. The van der Waals surface area contributed by atoms with E-state index in [2.05, 4.69) is 34.2 Å². The topological polar surface area (TPSA) is 61.4 Å². The maximum atomic E-state index is 12.5. The molecule has 6 nitrogen and oxygen atoms in total. The van der Waals surface area contributed by atoms with Crippen LogP contribution in [0.4, 0.5) is 5.95 Å². The molecule has 1 fully saturated rings. The Hall–Kier alpha value is -1.69. The number of carbonyl (C=O) groups is 1. The average molecular weight is 291 g/mol. The van der Waals surface area contributed by atoms with Gasteiger partial charge in [0, 0.05) is 38.4 Å². The van der Waals surface area contributed by atoms with Gasteiger partial charge in [-0.25, -0.2) is 9.97 Å². The smallest absolute Gasteiger partial charge is 0.272 e. The summed E-state index contributed by atoms with van der Waals surface area (Å²) < 4.78 is 0. The fourth-order valence-corrected chi connectivity index (χ4v) is 2.31. The van der Waals surface area contributed by atoms with Crippen molar-refractivity contribution in [3.8, 4) is 0 Å². The molecule has 6 heteroatoms. The molecule has 0 spiro atoms. The van der Waals surface area contributed by atoms with Crippen LogP contribution in [0.1, 0.15) is 35.9 Å². The monoisotopic (exact) mass is 291 g/mol. The third kappa shape index (κ3) is 4.39. The third-order valence-electron chi connectivity index (χ3n) is 3.68. The predicted molar refractivity (Wildman–Crippen MR) is 83.6 cm³/mol. The van der Waals surface area contributed by atoms with Crippen molar-refractivity contribution in [1.82, 2.24) is 19.8 Å². The lowest BCUT2D eigenvalue weighted by molar-refractivity contribution is 0.0658. The van der Waals surface area contributed by atoms with Gasteiger partial charge in [0.1, 0.15) is 5.69 Å². The van der Waals surface area contributed by atoms with Gasteiger partial charge in [-0.1, -0.05) is 13.3 Å². The Morgan fingerprint density at radius 1 is 1.29 bits per heavy atom. The summed E-state index contributed by atoms with van der Waals surface area (Å²) in [6, 6.07) is 1.77. The molecule has 0 radical (unpaired) electrons. The van der Waals surface area contributed by atoms with Crippen LogP contribution in [0.15, 0.2) is 6.07 Å². The van der Waals surface area contributed by atoms with Gasteiger partial charge in [0.05, 0.1) is 0 Å². The van der Waals surface area contributed by atoms with Crippen LogP contribution in [0, 0.1) is 6.92 Å². The molecule has 1 aliphatic rings. The van der Waals surface area contributed by atoms with Gasteiger partial charge >= 0.3 is 0 Å². The summed E-state index contributed by atoms with van der Waals surface area (Å²) in [5.74, 6) is 0.563. The molecule has 0 bridgehead atoms. The van der Waals surface area contributed by atoms with E-state index in [4.69, 9.17) is 0 Å². The Labute approximate surface area is 126 Å². The van der Waals surface area contributed by atoms with Crippen LogP contribution in [0.25, 0.3) is 0 Å².